The smallest absolute Gasteiger partial charge is 0.339 e. The maximum Gasteiger partial charge on any atom is 0.339 e. The standard InChI is InChI=1S/C14H12N2O2/c17-14(18)12-6-3-7-15-13(12)16-8-10-4-1-2-5-11(10)9-16/h1-7H,8-9H2,(H,17,18). The lowest BCUT2D eigenvalue weighted by Crippen LogP contribution is -2.19. The van der Waals surface area contributed by atoms with Crippen molar-refractivity contribution in [1.82, 2.24) is 4.98 Å². The summed E-state index contributed by atoms with van der Waals surface area (Å²) in [5.41, 5.74) is 2.73. The minimum absolute atomic E-state index is 0.255. The predicted molar refractivity (Wildman–Crippen MR) is 67.5 cm³/mol. The molecule has 3 rings (SSSR count). The van der Waals surface area contributed by atoms with Crippen LogP contribution >= 0.6 is 0 Å². The minimum Gasteiger partial charge on any atom is -0.478 e. The summed E-state index contributed by atoms with van der Waals surface area (Å²) in [6, 6.07) is 11.4. The quantitative estimate of drug-likeness (QED) is 0.875. The lowest BCUT2D eigenvalue weighted by atomic mass is 10.1. The molecule has 1 aromatic carbocycles. The maximum atomic E-state index is 11.2. The van der Waals surface area contributed by atoms with Crippen LogP contribution in [0.25, 0.3) is 0 Å². The van der Waals surface area contributed by atoms with Gasteiger partial charge in [0.2, 0.25) is 0 Å². The minimum atomic E-state index is -0.936. The molecule has 0 bridgehead atoms. The maximum absolute atomic E-state index is 11.2. The highest BCUT2D eigenvalue weighted by atomic mass is 16.4. The van der Waals surface area contributed by atoms with Crippen LogP contribution in [-0.2, 0) is 13.1 Å². The Kier molecular flexibility index (Phi) is 2.48. The van der Waals surface area contributed by atoms with Crippen molar-refractivity contribution in [3.8, 4) is 0 Å². The molecule has 0 unspecified atom stereocenters. The summed E-state index contributed by atoms with van der Waals surface area (Å²) in [7, 11) is 0. The fourth-order valence-electron chi connectivity index (χ4n) is 2.30. The summed E-state index contributed by atoms with van der Waals surface area (Å²) < 4.78 is 0. The van der Waals surface area contributed by atoms with E-state index in [0.717, 1.165) is 0 Å². The summed E-state index contributed by atoms with van der Waals surface area (Å²) in [4.78, 5) is 17.4. The number of hydrogen-bond donors (Lipinski definition) is 1. The van der Waals surface area contributed by atoms with Crippen LogP contribution in [0.1, 0.15) is 21.5 Å². The van der Waals surface area contributed by atoms with Gasteiger partial charge in [0, 0.05) is 19.3 Å². The number of fused-ring (bicyclic) bond motifs is 1. The molecule has 2 aromatic rings. The molecule has 0 aliphatic carbocycles. The Labute approximate surface area is 105 Å². The van der Waals surface area contributed by atoms with Gasteiger partial charge in [0.15, 0.2) is 0 Å². The molecule has 1 aromatic heterocycles. The summed E-state index contributed by atoms with van der Waals surface area (Å²) in [5.74, 6) is -0.393. The molecule has 2 heterocycles. The van der Waals surface area contributed by atoms with E-state index in [1.807, 2.05) is 17.0 Å². The number of carboxylic acid groups (broad SMARTS) is 1. The molecule has 1 aliphatic heterocycles. The van der Waals surface area contributed by atoms with Crippen molar-refractivity contribution in [2.24, 2.45) is 0 Å². The SMILES string of the molecule is O=C(O)c1cccnc1N1Cc2ccccc2C1. The van der Waals surface area contributed by atoms with Gasteiger partial charge in [-0.2, -0.15) is 0 Å². The van der Waals surface area contributed by atoms with E-state index in [2.05, 4.69) is 17.1 Å². The topological polar surface area (TPSA) is 53.4 Å². The molecule has 0 saturated carbocycles. The lowest BCUT2D eigenvalue weighted by molar-refractivity contribution is 0.0697. The van der Waals surface area contributed by atoms with Crippen molar-refractivity contribution < 1.29 is 9.90 Å². The third kappa shape index (κ3) is 1.72. The van der Waals surface area contributed by atoms with Crippen molar-refractivity contribution in [2.75, 3.05) is 4.90 Å². The Bertz CT molecular complexity index is 585. The van der Waals surface area contributed by atoms with Gasteiger partial charge >= 0.3 is 5.97 Å². The largest absolute Gasteiger partial charge is 0.478 e. The number of nitrogens with zero attached hydrogens (tertiary/aromatic N) is 2. The molecular formula is C14H12N2O2. The van der Waals surface area contributed by atoms with Crippen LogP contribution in [-0.4, -0.2) is 16.1 Å². The summed E-state index contributed by atoms with van der Waals surface area (Å²) in [5, 5.41) is 9.18. The average molecular weight is 240 g/mol. The Morgan fingerprint density at radius 2 is 1.78 bits per heavy atom. The number of aromatic nitrogens is 1. The number of pyridine rings is 1. The first kappa shape index (κ1) is 10.8. The van der Waals surface area contributed by atoms with Gasteiger partial charge in [0.1, 0.15) is 11.4 Å². The Hall–Kier alpha value is -2.36. The number of carboxylic acids is 1. The van der Waals surface area contributed by atoms with Crippen molar-refractivity contribution >= 4 is 11.8 Å². The monoisotopic (exact) mass is 240 g/mol. The molecule has 1 aliphatic rings. The second kappa shape index (κ2) is 4.14. The highest BCUT2D eigenvalue weighted by Crippen LogP contribution is 2.28. The summed E-state index contributed by atoms with van der Waals surface area (Å²) in [6.07, 6.45) is 1.63. The second-order valence-electron chi connectivity index (χ2n) is 4.30. The summed E-state index contributed by atoms with van der Waals surface area (Å²) in [6.45, 7) is 1.43. The molecule has 18 heavy (non-hydrogen) atoms. The van der Waals surface area contributed by atoms with Gasteiger partial charge in [-0.25, -0.2) is 9.78 Å². The van der Waals surface area contributed by atoms with Crippen molar-refractivity contribution in [2.45, 2.75) is 13.1 Å². The van der Waals surface area contributed by atoms with E-state index < -0.39 is 5.97 Å². The van der Waals surface area contributed by atoms with Gasteiger partial charge in [-0.1, -0.05) is 24.3 Å². The first-order valence-corrected chi connectivity index (χ1v) is 5.76. The molecule has 4 nitrogen and oxygen atoms in total. The van der Waals surface area contributed by atoms with E-state index in [9.17, 15) is 9.90 Å². The number of aromatic carboxylic acids is 1. The van der Waals surface area contributed by atoms with Crippen LogP contribution in [0.2, 0.25) is 0 Å². The molecule has 0 atom stereocenters. The number of rotatable bonds is 2. The third-order valence-electron chi connectivity index (χ3n) is 3.16. The molecule has 0 radical (unpaired) electrons. The normalized spacial score (nSPS) is 13.4. The van der Waals surface area contributed by atoms with Crippen LogP contribution in [0.5, 0.6) is 0 Å². The Balaban J connectivity index is 1.98. The zero-order chi connectivity index (χ0) is 12.5. The molecule has 4 heteroatoms. The molecule has 0 spiro atoms. The van der Waals surface area contributed by atoms with Crippen LogP contribution in [0.4, 0.5) is 5.82 Å². The van der Waals surface area contributed by atoms with E-state index in [1.54, 1.807) is 18.3 Å². The van der Waals surface area contributed by atoms with E-state index in [1.165, 1.54) is 11.1 Å². The van der Waals surface area contributed by atoms with Crippen LogP contribution in [0.15, 0.2) is 42.6 Å². The van der Waals surface area contributed by atoms with Gasteiger partial charge in [0.25, 0.3) is 0 Å². The van der Waals surface area contributed by atoms with Gasteiger partial charge in [-0.05, 0) is 23.3 Å². The van der Waals surface area contributed by atoms with Gasteiger partial charge in [-0.3, -0.25) is 0 Å². The first-order valence-electron chi connectivity index (χ1n) is 5.76. The van der Waals surface area contributed by atoms with Crippen molar-refractivity contribution in [3.05, 3.63) is 59.3 Å². The average Bonchev–Trinajstić information content (AvgIpc) is 2.82. The van der Waals surface area contributed by atoms with E-state index in [4.69, 9.17) is 0 Å². The van der Waals surface area contributed by atoms with Crippen LogP contribution < -0.4 is 4.90 Å². The predicted octanol–water partition coefficient (Wildman–Crippen LogP) is 2.30. The number of carbonyl (C=O) groups is 1. The third-order valence-corrected chi connectivity index (χ3v) is 3.16. The molecule has 90 valence electrons. The van der Waals surface area contributed by atoms with E-state index in [-0.39, 0.29) is 5.56 Å². The molecule has 0 saturated heterocycles. The number of anilines is 1. The second-order valence-corrected chi connectivity index (χ2v) is 4.30. The number of benzene rings is 1. The fourth-order valence-corrected chi connectivity index (χ4v) is 2.30. The van der Waals surface area contributed by atoms with Crippen LogP contribution in [0.3, 0.4) is 0 Å². The van der Waals surface area contributed by atoms with Crippen molar-refractivity contribution in [1.29, 1.82) is 0 Å². The first-order chi connectivity index (χ1) is 8.75. The summed E-state index contributed by atoms with van der Waals surface area (Å²) >= 11 is 0. The number of hydrogen-bond acceptors (Lipinski definition) is 3. The zero-order valence-corrected chi connectivity index (χ0v) is 9.71. The fraction of sp³-hybridized carbons (Fsp3) is 0.143. The zero-order valence-electron chi connectivity index (χ0n) is 9.71. The van der Waals surface area contributed by atoms with Gasteiger partial charge < -0.3 is 10.0 Å². The lowest BCUT2D eigenvalue weighted by Gasteiger charge is -2.18. The van der Waals surface area contributed by atoms with Gasteiger partial charge in [0.05, 0.1) is 0 Å². The highest BCUT2D eigenvalue weighted by Gasteiger charge is 2.23. The van der Waals surface area contributed by atoms with Crippen molar-refractivity contribution in [3.63, 3.8) is 0 Å². The molecule has 1 N–H and O–H groups in total. The molecule has 0 fully saturated rings. The van der Waals surface area contributed by atoms with Gasteiger partial charge in [-0.15, -0.1) is 0 Å². The Morgan fingerprint density at radius 1 is 1.11 bits per heavy atom. The van der Waals surface area contributed by atoms with E-state index >= 15 is 0 Å². The highest BCUT2D eigenvalue weighted by molar-refractivity contribution is 5.93. The molecular weight excluding hydrogens is 228 g/mol. The van der Waals surface area contributed by atoms with E-state index in [0.29, 0.717) is 18.9 Å². The van der Waals surface area contributed by atoms with Crippen LogP contribution in [0, 0.1) is 0 Å². The Morgan fingerprint density at radius 3 is 2.39 bits per heavy atom. The molecule has 0 amide bonds.